The Labute approximate surface area is 124 Å². The van der Waals surface area contributed by atoms with Gasteiger partial charge >= 0.3 is 0 Å². The van der Waals surface area contributed by atoms with Gasteiger partial charge < -0.3 is 15.2 Å². The van der Waals surface area contributed by atoms with E-state index >= 15 is 0 Å². The number of aromatic nitrogens is 2. The van der Waals surface area contributed by atoms with Crippen LogP contribution in [0, 0.1) is 0 Å². The van der Waals surface area contributed by atoms with E-state index in [1.165, 1.54) is 5.56 Å². The van der Waals surface area contributed by atoms with Crippen molar-refractivity contribution in [3.8, 4) is 0 Å². The average Bonchev–Trinajstić information content (AvgIpc) is 3.16. The second kappa shape index (κ2) is 6.10. The molecular weight excluding hydrogens is 264 g/mol. The summed E-state index contributed by atoms with van der Waals surface area (Å²) >= 11 is 0. The van der Waals surface area contributed by atoms with Gasteiger partial charge in [0.2, 0.25) is 5.91 Å². The van der Waals surface area contributed by atoms with Gasteiger partial charge in [-0.05, 0) is 31.0 Å². The van der Waals surface area contributed by atoms with Crippen LogP contribution >= 0.6 is 0 Å². The highest BCUT2D eigenvalue weighted by atomic mass is 16.2. The third kappa shape index (κ3) is 3.13. The number of benzene rings is 1. The van der Waals surface area contributed by atoms with E-state index in [0.717, 1.165) is 24.5 Å². The van der Waals surface area contributed by atoms with Gasteiger partial charge in [0.25, 0.3) is 0 Å². The maximum Gasteiger partial charge on any atom is 0.227 e. The number of nitrogens with one attached hydrogen (secondary N) is 2. The second-order valence-electron chi connectivity index (χ2n) is 5.38. The fourth-order valence-corrected chi connectivity index (χ4v) is 2.65. The van der Waals surface area contributed by atoms with E-state index < -0.39 is 0 Å². The van der Waals surface area contributed by atoms with Gasteiger partial charge in [-0.25, -0.2) is 4.98 Å². The van der Waals surface area contributed by atoms with Crippen LogP contribution in [0.1, 0.15) is 37.2 Å². The molecule has 1 aromatic heterocycles. The first-order valence-electron chi connectivity index (χ1n) is 7.36. The van der Waals surface area contributed by atoms with Gasteiger partial charge in [0.1, 0.15) is 5.82 Å². The molecule has 0 spiro atoms. The van der Waals surface area contributed by atoms with Crippen molar-refractivity contribution in [3.05, 3.63) is 48.0 Å². The number of H-pyrrole nitrogens is 1. The van der Waals surface area contributed by atoms with Crippen LogP contribution in [0.5, 0.6) is 0 Å². The number of amides is 1. The molecule has 1 unspecified atom stereocenters. The average molecular weight is 284 g/mol. The Morgan fingerprint density at radius 2 is 2.38 bits per heavy atom. The topological polar surface area (TPSA) is 61.0 Å². The molecule has 2 heterocycles. The van der Waals surface area contributed by atoms with Crippen molar-refractivity contribution in [1.82, 2.24) is 15.3 Å². The van der Waals surface area contributed by atoms with Crippen molar-refractivity contribution in [2.75, 3.05) is 11.4 Å². The molecule has 5 nitrogen and oxygen atoms in total. The summed E-state index contributed by atoms with van der Waals surface area (Å²) in [6.45, 7) is 3.64. The van der Waals surface area contributed by atoms with Crippen LogP contribution in [-0.4, -0.2) is 22.4 Å². The summed E-state index contributed by atoms with van der Waals surface area (Å²) in [5.74, 6) is 1.15. The van der Waals surface area contributed by atoms with Crippen molar-refractivity contribution >= 4 is 11.6 Å². The Hall–Kier alpha value is -2.14. The minimum absolute atomic E-state index is 0.202. The SMILES string of the molecule is CC(NCc1ncc[nH]1)c1cccc(N2CCCC2=O)c1. The van der Waals surface area contributed by atoms with E-state index in [-0.39, 0.29) is 11.9 Å². The number of hydrogen-bond donors (Lipinski definition) is 2. The minimum Gasteiger partial charge on any atom is -0.348 e. The summed E-state index contributed by atoms with van der Waals surface area (Å²) in [6.07, 6.45) is 5.19. The summed E-state index contributed by atoms with van der Waals surface area (Å²) in [6, 6.07) is 8.41. The van der Waals surface area contributed by atoms with Gasteiger partial charge in [-0.2, -0.15) is 0 Å². The highest BCUT2D eigenvalue weighted by molar-refractivity contribution is 5.95. The van der Waals surface area contributed by atoms with Gasteiger partial charge in [-0.1, -0.05) is 12.1 Å². The van der Waals surface area contributed by atoms with E-state index in [4.69, 9.17) is 0 Å². The zero-order valence-corrected chi connectivity index (χ0v) is 12.2. The molecule has 1 aromatic carbocycles. The molecule has 1 aliphatic rings. The molecule has 2 N–H and O–H groups in total. The van der Waals surface area contributed by atoms with E-state index in [0.29, 0.717) is 13.0 Å². The number of hydrogen-bond acceptors (Lipinski definition) is 3. The molecule has 1 amide bonds. The van der Waals surface area contributed by atoms with Crippen LogP contribution in [-0.2, 0) is 11.3 Å². The Morgan fingerprint density at radius 1 is 1.48 bits per heavy atom. The molecule has 1 aliphatic heterocycles. The van der Waals surface area contributed by atoms with Gasteiger partial charge in [0, 0.05) is 37.1 Å². The fraction of sp³-hybridized carbons (Fsp3) is 0.375. The van der Waals surface area contributed by atoms with E-state index in [9.17, 15) is 4.79 Å². The summed E-state index contributed by atoms with van der Waals surface area (Å²) in [5, 5.41) is 3.43. The van der Waals surface area contributed by atoms with Crippen LogP contribution in [0.25, 0.3) is 0 Å². The molecule has 0 radical (unpaired) electrons. The molecule has 0 aliphatic carbocycles. The normalized spacial score (nSPS) is 16.4. The molecule has 0 bridgehead atoms. The highest BCUT2D eigenvalue weighted by Crippen LogP contribution is 2.24. The number of imidazole rings is 1. The third-order valence-corrected chi connectivity index (χ3v) is 3.89. The largest absolute Gasteiger partial charge is 0.348 e. The zero-order valence-electron chi connectivity index (χ0n) is 12.2. The van der Waals surface area contributed by atoms with E-state index in [1.807, 2.05) is 23.2 Å². The maximum atomic E-state index is 11.8. The molecule has 1 atom stereocenters. The summed E-state index contributed by atoms with van der Waals surface area (Å²) < 4.78 is 0. The first-order chi connectivity index (χ1) is 10.2. The number of rotatable bonds is 5. The monoisotopic (exact) mass is 284 g/mol. The van der Waals surface area contributed by atoms with E-state index in [2.05, 4.69) is 34.3 Å². The van der Waals surface area contributed by atoms with Crippen molar-refractivity contribution in [2.45, 2.75) is 32.4 Å². The number of carbonyl (C=O) groups is 1. The first-order valence-corrected chi connectivity index (χ1v) is 7.36. The summed E-state index contributed by atoms with van der Waals surface area (Å²) in [5.41, 5.74) is 2.18. The summed E-state index contributed by atoms with van der Waals surface area (Å²) in [7, 11) is 0. The summed E-state index contributed by atoms with van der Waals surface area (Å²) in [4.78, 5) is 21.0. The van der Waals surface area contributed by atoms with Gasteiger partial charge in [0.15, 0.2) is 0 Å². The predicted octanol–water partition coefficient (Wildman–Crippen LogP) is 2.39. The molecule has 110 valence electrons. The molecule has 21 heavy (non-hydrogen) atoms. The Morgan fingerprint density at radius 3 is 3.10 bits per heavy atom. The van der Waals surface area contributed by atoms with Crippen molar-refractivity contribution in [2.24, 2.45) is 0 Å². The second-order valence-corrected chi connectivity index (χ2v) is 5.38. The lowest BCUT2D eigenvalue weighted by molar-refractivity contribution is -0.117. The minimum atomic E-state index is 0.202. The van der Waals surface area contributed by atoms with Crippen LogP contribution in [0.2, 0.25) is 0 Å². The van der Waals surface area contributed by atoms with Crippen LogP contribution in [0.4, 0.5) is 5.69 Å². The molecule has 1 saturated heterocycles. The highest BCUT2D eigenvalue weighted by Gasteiger charge is 2.22. The number of nitrogens with zero attached hydrogens (tertiary/aromatic N) is 2. The van der Waals surface area contributed by atoms with Crippen LogP contribution in [0.15, 0.2) is 36.7 Å². The molecular formula is C16H20N4O. The first kappa shape index (κ1) is 13.8. The molecule has 1 fully saturated rings. The molecule has 3 rings (SSSR count). The Bertz CT molecular complexity index is 608. The lowest BCUT2D eigenvalue weighted by Crippen LogP contribution is -2.24. The quantitative estimate of drug-likeness (QED) is 0.886. The van der Waals surface area contributed by atoms with Gasteiger partial charge in [-0.3, -0.25) is 4.79 Å². The van der Waals surface area contributed by atoms with Gasteiger partial charge in [-0.15, -0.1) is 0 Å². The number of aromatic amines is 1. The fourth-order valence-electron chi connectivity index (χ4n) is 2.65. The Kier molecular flexibility index (Phi) is 4.01. The van der Waals surface area contributed by atoms with Crippen LogP contribution < -0.4 is 10.2 Å². The lowest BCUT2D eigenvalue weighted by atomic mass is 10.1. The smallest absolute Gasteiger partial charge is 0.227 e. The maximum absolute atomic E-state index is 11.8. The van der Waals surface area contributed by atoms with E-state index in [1.54, 1.807) is 6.20 Å². The number of anilines is 1. The lowest BCUT2D eigenvalue weighted by Gasteiger charge is -2.19. The van der Waals surface area contributed by atoms with Gasteiger partial charge in [0.05, 0.1) is 6.54 Å². The van der Waals surface area contributed by atoms with Crippen LogP contribution in [0.3, 0.4) is 0 Å². The Balaban J connectivity index is 1.68. The standard InChI is InChI=1S/C16H20N4O/c1-12(19-11-15-17-7-8-18-15)13-4-2-5-14(10-13)20-9-3-6-16(20)21/h2,4-5,7-8,10,12,19H,3,6,9,11H2,1H3,(H,17,18). The molecule has 0 saturated carbocycles. The zero-order chi connectivity index (χ0) is 14.7. The molecule has 5 heteroatoms. The predicted molar refractivity (Wildman–Crippen MR) is 81.9 cm³/mol. The van der Waals surface area contributed by atoms with Crippen molar-refractivity contribution in [3.63, 3.8) is 0 Å². The third-order valence-electron chi connectivity index (χ3n) is 3.89. The van der Waals surface area contributed by atoms with Crippen molar-refractivity contribution in [1.29, 1.82) is 0 Å². The molecule has 2 aromatic rings. The van der Waals surface area contributed by atoms with Crippen molar-refractivity contribution < 1.29 is 4.79 Å². The number of carbonyl (C=O) groups excluding carboxylic acids is 1.